The number of likely N-dealkylation sites (N-methyl/N-ethyl adjacent to an activating group) is 1. The van der Waals surface area contributed by atoms with E-state index in [1.54, 1.807) is 0 Å². The number of rotatable bonds is 1. The van der Waals surface area contributed by atoms with Crippen molar-refractivity contribution in [1.29, 1.82) is 0 Å². The summed E-state index contributed by atoms with van der Waals surface area (Å²) in [6, 6.07) is 0. The summed E-state index contributed by atoms with van der Waals surface area (Å²) in [4.78, 5) is 0. The molecule has 0 spiro atoms. The molecule has 2 nitrogen and oxygen atoms in total. The van der Waals surface area contributed by atoms with Crippen LogP contribution >= 0.6 is 7.81 Å². The van der Waals surface area contributed by atoms with Gasteiger partial charge < -0.3 is 9.22 Å². The van der Waals surface area contributed by atoms with Gasteiger partial charge in [-0.05, 0) is 6.92 Å². The monoisotopic (exact) mass is 275 g/mol. The second-order valence-electron chi connectivity index (χ2n) is 3.95. The van der Waals surface area contributed by atoms with E-state index in [0.717, 1.165) is 13.2 Å². The minimum absolute atomic E-state index is 0.949. The van der Waals surface area contributed by atoms with Crippen LogP contribution in [0.25, 0.3) is 0 Å². The predicted molar refractivity (Wildman–Crippen MR) is 50.8 cm³/mol. The van der Waals surface area contributed by atoms with Crippen molar-refractivity contribution in [2.24, 2.45) is 0 Å². The van der Waals surface area contributed by atoms with E-state index in [0.29, 0.717) is 0 Å². The molecule has 16 heavy (non-hydrogen) atoms. The SMILES string of the molecule is CC[N+]1(C)CCOCC1.F[P-](F)(F)(F)(F)F. The normalized spacial score (nSPS) is 24.8. The Labute approximate surface area is 90.0 Å². The van der Waals surface area contributed by atoms with E-state index >= 15 is 0 Å². The summed E-state index contributed by atoms with van der Waals surface area (Å²) in [7, 11) is -8.36. The topological polar surface area (TPSA) is 9.23 Å². The first kappa shape index (κ1) is 15.9. The van der Waals surface area contributed by atoms with Gasteiger partial charge in [0.2, 0.25) is 0 Å². The second-order valence-corrected chi connectivity index (χ2v) is 5.87. The molecule has 0 aromatic heterocycles. The van der Waals surface area contributed by atoms with Gasteiger partial charge in [0.15, 0.2) is 0 Å². The summed E-state index contributed by atoms with van der Waals surface area (Å²) in [6.45, 7) is 7.76. The Kier molecular flexibility index (Phi) is 3.98. The number of hydrogen-bond donors (Lipinski definition) is 0. The summed E-state index contributed by atoms with van der Waals surface area (Å²) < 4.78 is 65.6. The number of ether oxygens (including phenoxy) is 1. The molecule has 0 aliphatic carbocycles. The van der Waals surface area contributed by atoms with Crippen LogP contribution in [0.5, 0.6) is 0 Å². The van der Waals surface area contributed by atoms with Gasteiger partial charge in [0.05, 0.1) is 26.8 Å². The molecule has 1 fully saturated rings. The molecule has 0 bridgehead atoms. The molecule has 1 saturated heterocycles. The van der Waals surface area contributed by atoms with Crippen LogP contribution in [0.1, 0.15) is 6.92 Å². The molecule has 0 saturated carbocycles. The molecule has 0 unspecified atom stereocenters. The molecule has 0 radical (unpaired) electrons. The van der Waals surface area contributed by atoms with Gasteiger partial charge in [-0.3, -0.25) is 0 Å². The maximum atomic E-state index is 9.87. The standard InChI is InChI=1S/C7H16NO.F6P/c1-3-8(2)4-6-9-7-5-8;1-7(2,3,4,5)6/h3-7H2,1-2H3;/q+1;-1. The quantitative estimate of drug-likeness (QED) is 0.401. The Morgan fingerprint density at radius 3 is 1.50 bits per heavy atom. The van der Waals surface area contributed by atoms with Crippen LogP contribution in [-0.2, 0) is 4.74 Å². The van der Waals surface area contributed by atoms with E-state index in [4.69, 9.17) is 4.74 Å². The van der Waals surface area contributed by atoms with Crippen LogP contribution in [0.3, 0.4) is 0 Å². The van der Waals surface area contributed by atoms with Crippen LogP contribution < -0.4 is 0 Å². The molecule has 0 amide bonds. The number of halogens is 6. The Morgan fingerprint density at radius 2 is 1.31 bits per heavy atom. The third-order valence-corrected chi connectivity index (χ3v) is 2.31. The van der Waals surface area contributed by atoms with Gasteiger partial charge in [-0.1, -0.05) is 0 Å². The molecule has 1 rings (SSSR count). The molecule has 1 heterocycles. The van der Waals surface area contributed by atoms with Crippen molar-refractivity contribution in [3.05, 3.63) is 0 Å². The van der Waals surface area contributed by atoms with Gasteiger partial charge in [-0.15, -0.1) is 0 Å². The summed E-state index contributed by atoms with van der Waals surface area (Å²) in [5.41, 5.74) is 0. The van der Waals surface area contributed by atoms with Gasteiger partial charge in [0.25, 0.3) is 0 Å². The van der Waals surface area contributed by atoms with Crippen LogP contribution in [0.4, 0.5) is 25.2 Å². The first-order chi connectivity index (χ1) is 6.72. The van der Waals surface area contributed by atoms with Gasteiger partial charge >= 0.3 is 33.0 Å². The molecule has 1 aliphatic rings. The fraction of sp³-hybridized carbons (Fsp3) is 1.00. The average Bonchev–Trinajstić information content (AvgIpc) is 2.00. The van der Waals surface area contributed by atoms with E-state index in [1.807, 2.05) is 0 Å². The second kappa shape index (κ2) is 3.99. The number of hydrogen-bond acceptors (Lipinski definition) is 1. The first-order valence-corrected chi connectivity index (χ1v) is 6.72. The summed E-state index contributed by atoms with van der Waals surface area (Å²) in [5.74, 6) is 0. The minimum atomic E-state index is -10.7. The zero-order valence-electron chi connectivity index (χ0n) is 9.11. The molecule has 102 valence electrons. The van der Waals surface area contributed by atoms with Crippen LogP contribution in [-0.4, -0.2) is 44.4 Å². The van der Waals surface area contributed by atoms with Crippen molar-refractivity contribution in [1.82, 2.24) is 0 Å². The van der Waals surface area contributed by atoms with Gasteiger partial charge in [-0.2, -0.15) is 0 Å². The van der Waals surface area contributed by atoms with E-state index in [1.165, 1.54) is 24.1 Å². The summed E-state index contributed by atoms with van der Waals surface area (Å²) >= 11 is 0. The Hall–Kier alpha value is -0.0700. The Balaban J connectivity index is 0.000000293. The molecule has 0 atom stereocenters. The van der Waals surface area contributed by atoms with Crippen LogP contribution in [0.15, 0.2) is 0 Å². The van der Waals surface area contributed by atoms with E-state index in [-0.39, 0.29) is 0 Å². The van der Waals surface area contributed by atoms with Crippen molar-refractivity contribution in [2.75, 3.05) is 39.9 Å². The number of nitrogens with zero attached hydrogens (tertiary/aromatic N) is 1. The number of morpholine rings is 1. The van der Waals surface area contributed by atoms with Gasteiger partial charge in [-0.25, -0.2) is 0 Å². The van der Waals surface area contributed by atoms with Crippen molar-refractivity contribution in [3.63, 3.8) is 0 Å². The molecular weight excluding hydrogens is 259 g/mol. The van der Waals surface area contributed by atoms with Crippen molar-refractivity contribution < 1.29 is 34.4 Å². The van der Waals surface area contributed by atoms with Crippen LogP contribution in [0, 0.1) is 0 Å². The summed E-state index contributed by atoms with van der Waals surface area (Å²) in [5, 5.41) is 0. The Morgan fingerprint density at radius 1 is 1.00 bits per heavy atom. The first-order valence-electron chi connectivity index (χ1n) is 4.69. The number of quaternary nitrogens is 1. The molecular formula is C7H16F6NOP. The maximum absolute atomic E-state index is 10.7. The third-order valence-electron chi connectivity index (χ3n) is 2.31. The summed E-state index contributed by atoms with van der Waals surface area (Å²) in [6.07, 6.45) is 0. The molecule has 0 aromatic rings. The fourth-order valence-corrected chi connectivity index (χ4v) is 1.10. The molecule has 1 aliphatic heterocycles. The molecule has 0 aromatic carbocycles. The zero-order chi connectivity index (χ0) is 13.2. The van der Waals surface area contributed by atoms with E-state index < -0.39 is 7.81 Å². The predicted octanol–water partition coefficient (Wildman–Crippen LogP) is 3.87. The van der Waals surface area contributed by atoms with Crippen molar-refractivity contribution >= 4 is 7.81 Å². The van der Waals surface area contributed by atoms with Gasteiger partial charge in [0, 0.05) is 0 Å². The fourth-order valence-electron chi connectivity index (χ4n) is 1.10. The zero-order valence-corrected chi connectivity index (χ0v) is 10.0. The van der Waals surface area contributed by atoms with Crippen LogP contribution in [0.2, 0.25) is 0 Å². The molecule has 0 N–H and O–H groups in total. The van der Waals surface area contributed by atoms with Crippen molar-refractivity contribution in [2.45, 2.75) is 6.92 Å². The Bertz CT molecular complexity index is 219. The van der Waals surface area contributed by atoms with E-state index in [2.05, 4.69) is 14.0 Å². The third kappa shape index (κ3) is 13.9. The van der Waals surface area contributed by atoms with Crippen molar-refractivity contribution in [3.8, 4) is 0 Å². The van der Waals surface area contributed by atoms with Gasteiger partial charge in [0.1, 0.15) is 13.1 Å². The van der Waals surface area contributed by atoms with E-state index in [9.17, 15) is 25.2 Å². The average molecular weight is 275 g/mol. The molecule has 9 heteroatoms.